The van der Waals surface area contributed by atoms with Gasteiger partial charge >= 0.3 is 0 Å². The first-order chi connectivity index (χ1) is 13.3. The molecule has 0 saturated carbocycles. The zero-order chi connectivity index (χ0) is 20.0. The van der Waals surface area contributed by atoms with Crippen molar-refractivity contribution in [3.63, 3.8) is 0 Å². The predicted molar refractivity (Wildman–Crippen MR) is 114 cm³/mol. The summed E-state index contributed by atoms with van der Waals surface area (Å²) in [5.74, 6) is 0.128. The molecule has 1 aliphatic heterocycles. The number of hydrogen-bond donors (Lipinski definition) is 1. The van der Waals surface area contributed by atoms with E-state index in [1.807, 2.05) is 19.1 Å². The molecule has 3 aromatic rings. The van der Waals surface area contributed by atoms with E-state index in [2.05, 4.69) is 29.7 Å². The molecule has 2 heterocycles. The predicted octanol–water partition coefficient (Wildman–Crippen LogP) is 4.86. The van der Waals surface area contributed by atoms with Crippen LogP contribution in [-0.2, 0) is 6.54 Å². The SMILES string of the molecule is Cc1cc(O)cc(CN2[C@H](C)CN(c3nc4cc(F)c(C)cc4s3)C[C@@H]2C)c1. The Labute approximate surface area is 169 Å². The lowest BCUT2D eigenvalue weighted by molar-refractivity contribution is 0.123. The van der Waals surface area contributed by atoms with Gasteiger partial charge in [-0.05, 0) is 62.6 Å². The highest BCUT2D eigenvalue weighted by atomic mass is 32.1. The summed E-state index contributed by atoms with van der Waals surface area (Å²) in [6.07, 6.45) is 0. The minimum atomic E-state index is -0.197. The van der Waals surface area contributed by atoms with E-state index in [0.717, 1.165) is 46.1 Å². The Bertz CT molecular complexity index is 947. The van der Waals surface area contributed by atoms with Crippen molar-refractivity contribution in [1.29, 1.82) is 0 Å². The van der Waals surface area contributed by atoms with Crippen molar-refractivity contribution in [3.05, 3.63) is 52.8 Å². The minimum Gasteiger partial charge on any atom is -0.508 e. The van der Waals surface area contributed by atoms with Crippen LogP contribution in [0.3, 0.4) is 0 Å². The Balaban J connectivity index is 1.53. The summed E-state index contributed by atoms with van der Waals surface area (Å²) < 4.78 is 14.9. The first-order valence-electron chi connectivity index (χ1n) is 9.67. The second kappa shape index (κ2) is 7.33. The summed E-state index contributed by atoms with van der Waals surface area (Å²) in [6.45, 7) is 10.8. The molecule has 28 heavy (non-hydrogen) atoms. The molecule has 0 bridgehead atoms. The number of benzene rings is 2. The molecule has 0 unspecified atom stereocenters. The van der Waals surface area contributed by atoms with Crippen molar-refractivity contribution in [2.24, 2.45) is 0 Å². The second-order valence-electron chi connectivity index (χ2n) is 8.02. The number of phenols is 1. The number of anilines is 1. The fourth-order valence-electron chi connectivity index (χ4n) is 4.14. The highest BCUT2D eigenvalue weighted by Gasteiger charge is 2.31. The van der Waals surface area contributed by atoms with E-state index in [4.69, 9.17) is 4.98 Å². The number of halogens is 1. The van der Waals surface area contributed by atoms with Crippen molar-refractivity contribution in [2.45, 2.75) is 46.3 Å². The molecule has 4 nitrogen and oxygen atoms in total. The van der Waals surface area contributed by atoms with Crippen LogP contribution in [0.5, 0.6) is 5.75 Å². The molecule has 1 aromatic heterocycles. The van der Waals surface area contributed by atoms with Gasteiger partial charge in [0.25, 0.3) is 0 Å². The monoisotopic (exact) mass is 399 g/mol. The van der Waals surface area contributed by atoms with Crippen LogP contribution < -0.4 is 4.90 Å². The van der Waals surface area contributed by atoms with E-state index in [0.29, 0.717) is 23.4 Å². The molecule has 2 atom stereocenters. The number of phenolic OH excluding ortho intramolecular Hbond substituents is 1. The molecule has 4 rings (SSSR count). The number of rotatable bonds is 3. The Morgan fingerprint density at radius 2 is 1.82 bits per heavy atom. The fourth-order valence-corrected chi connectivity index (χ4v) is 5.20. The Morgan fingerprint density at radius 3 is 2.50 bits per heavy atom. The van der Waals surface area contributed by atoms with Gasteiger partial charge in [-0.3, -0.25) is 4.90 Å². The van der Waals surface area contributed by atoms with Crippen molar-refractivity contribution in [3.8, 4) is 5.75 Å². The lowest BCUT2D eigenvalue weighted by atomic mass is 10.0. The van der Waals surface area contributed by atoms with Crippen molar-refractivity contribution in [1.82, 2.24) is 9.88 Å². The Hall–Kier alpha value is -2.18. The van der Waals surface area contributed by atoms with Crippen molar-refractivity contribution >= 4 is 26.7 Å². The molecule has 0 aliphatic carbocycles. The van der Waals surface area contributed by atoms with E-state index in [-0.39, 0.29) is 5.82 Å². The molecule has 0 amide bonds. The van der Waals surface area contributed by atoms with Crippen LogP contribution in [0.4, 0.5) is 9.52 Å². The molecule has 1 fully saturated rings. The second-order valence-corrected chi connectivity index (χ2v) is 9.03. The van der Waals surface area contributed by atoms with E-state index in [9.17, 15) is 9.50 Å². The smallest absolute Gasteiger partial charge is 0.186 e. The van der Waals surface area contributed by atoms with Crippen LogP contribution in [0.1, 0.15) is 30.5 Å². The topological polar surface area (TPSA) is 39.6 Å². The molecule has 1 saturated heterocycles. The Kier molecular flexibility index (Phi) is 5.02. The number of fused-ring (bicyclic) bond motifs is 1. The van der Waals surface area contributed by atoms with Gasteiger partial charge in [0.2, 0.25) is 0 Å². The zero-order valence-corrected chi connectivity index (χ0v) is 17.6. The number of nitrogens with zero attached hydrogens (tertiary/aromatic N) is 3. The molecule has 6 heteroatoms. The highest BCUT2D eigenvalue weighted by Crippen LogP contribution is 2.33. The number of aryl methyl sites for hydroxylation is 2. The average Bonchev–Trinajstić information content (AvgIpc) is 3.00. The van der Waals surface area contributed by atoms with Crippen molar-refractivity contribution < 1.29 is 9.50 Å². The summed E-state index contributed by atoms with van der Waals surface area (Å²) in [5, 5.41) is 10.9. The Morgan fingerprint density at radius 1 is 1.11 bits per heavy atom. The maximum Gasteiger partial charge on any atom is 0.186 e. The van der Waals surface area contributed by atoms with Gasteiger partial charge in [0.1, 0.15) is 11.6 Å². The van der Waals surface area contributed by atoms with Crippen LogP contribution in [0.25, 0.3) is 10.2 Å². The quantitative estimate of drug-likeness (QED) is 0.683. The van der Waals surface area contributed by atoms with Gasteiger partial charge in [-0.1, -0.05) is 17.4 Å². The maximum atomic E-state index is 13.9. The first kappa shape index (κ1) is 19.2. The van der Waals surface area contributed by atoms with Gasteiger partial charge in [0.05, 0.1) is 10.2 Å². The van der Waals surface area contributed by atoms with Gasteiger partial charge in [0.15, 0.2) is 5.13 Å². The summed E-state index contributed by atoms with van der Waals surface area (Å²) in [6, 6.07) is 9.89. The van der Waals surface area contributed by atoms with Crippen molar-refractivity contribution in [2.75, 3.05) is 18.0 Å². The molecule has 1 N–H and O–H groups in total. The number of aromatic nitrogens is 1. The van der Waals surface area contributed by atoms with Gasteiger partial charge in [-0.2, -0.15) is 0 Å². The summed E-state index contributed by atoms with van der Waals surface area (Å²) >= 11 is 1.64. The number of aromatic hydroxyl groups is 1. The van der Waals surface area contributed by atoms with E-state index >= 15 is 0 Å². The molecular weight excluding hydrogens is 373 g/mol. The molecule has 2 aromatic carbocycles. The van der Waals surface area contributed by atoms with Gasteiger partial charge in [-0.15, -0.1) is 0 Å². The third kappa shape index (κ3) is 3.71. The third-order valence-corrected chi connectivity index (χ3v) is 6.60. The fraction of sp³-hybridized carbons (Fsp3) is 0.409. The maximum absolute atomic E-state index is 13.9. The van der Waals surface area contributed by atoms with E-state index < -0.39 is 0 Å². The summed E-state index contributed by atoms with van der Waals surface area (Å²) in [4.78, 5) is 9.48. The third-order valence-electron chi connectivity index (χ3n) is 5.52. The normalized spacial score (nSPS) is 20.8. The first-order valence-corrected chi connectivity index (χ1v) is 10.5. The lowest BCUT2D eigenvalue weighted by Gasteiger charge is -2.44. The number of thiazole rings is 1. The van der Waals surface area contributed by atoms with Gasteiger partial charge in [0, 0.05) is 37.8 Å². The number of hydrogen-bond acceptors (Lipinski definition) is 5. The summed E-state index contributed by atoms with van der Waals surface area (Å²) in [5.41, 5.74) is 3.61. The van der Waals surface area contributed by atoms with E-state index in [1.54, 1.807) is 24.3 Å². The average molecular weight is 400 g/mol. The molecule has 148 valence electrons. The van der Waals surface area contributed by atoms with Crippen LogP contribution in [-0.4, -0.2) is 40.2 Å². The molecule has 0 radical (unpaired) electrons. The van der Waals surface area contributed by atoms with Crippen LogP contribution in [0.15, 0.2) is 30.3 Å². The summed E-state index contributed by atoms with van der Waals surface area (Å²) in [7, 11) is 0. The largest absolute Gasteiger partial charge is 0.508 e. The minimum absolute atomic E-state index is 0.197. The highest BCUT2D eigenvalue weighted by molar-refractivity contribution is 7.22. The van der Waals surface area contributed by atoms with Gasteiger partial charge in [-0.25, -0.2) is 9.37 Å². The molecular formula is C22H26FN3OS. The van der Waals surface area contributed by atoms with Crippen LogP contribution >= 0.6 is 11.3 Å². The molecule has 1 aliphatic rings. The van der Waals surface area contributed by atoms with Crippen LogP contribution in [0.2, 0.25) is 0 Å². The number of piperazine rings is 1. The zero-order valence-electron chi connectivity index (χ0n) is 16.7. The van der Waals surface area contributed by atoms with Gasteiger partial charge < -0.3 is 10.0 Å². The van der Waals surface area contributed by atoms with Crippen LogP contribution in [0, 0.1) is 19.7 Å². The van der Waals surface area contributed by atoms with E-state index in [1.165, 1.54) is 6.07 Å². The lowest BCUT2D eigenvalue weighted by Crippen LogP contribution is -2.56. The standard InChI is InChI=1S/C22H26FN3OS/c1-13-5-17(8-18(27)6-13)12-26-15(3)10-25(11-16(26)4)22-24-20-9-19(23)14(2)7-21(20)28-22/h5-9,15-16,27H,10-12H2,1-4H3/t15-,16+. The molecule has 0 spiro atoms.